The second-order valence-corrected chi connectivity index (χ2v) is 7.82. The molecule has 1 saturated heterocycles. The van der Waals surface area contributed by atoms with Crippen LogP contribution < -0.4 is 0 Å². The lowest BCUT2D eigenvalue weighted by atomic mass is 10.1. The molecule has 1 aliphatic carbocycles. The number of fused-ring (bicyclic) bond motifs is 1. The largest absolute Gasteiger partial charge is 0.376 e. The molecule has 3 atom stereocenters. The fraction of sp³-hybridized carbons (Fsp3) is 0.556. The molecular weight excluding hydrogens is 352 g/mol. The number of pyridine rings is 1. The molecule has 0 bridgehead atoms. The van der Waals surface area contributed by atoms with Crippen LogP contribution in [-0.4, -0.2) is 57.3 Å². The van der Waals surface area contributed by atoms with Gasteiger partial charge in [0, 0.05) is 18.9 Å². The molecule has 0 aromatic carbocycles. The van der Waals surface area contributed by atoms with E-state index in [0.29, 0.717) is 38.0 Å². The SMILES string of the molecule is Cc1snnc1C(=O)N1CCO[C@@H]2C[C@H](COCc3ccncc3)C[C@H]21. The summed E-state index contributed by atoms with van der Waals surface area (Å²) in [7, 11) is 0. The minimum Gasteiger partial charge on any atom is -0.376 e. The monoisotopic (exact) mass is 374 g/mol. The quantitative estimate of drug-likeness (QED) is 0.797. The third-order valence-electron chi connectivity index (χ3n) is 5.12. The van der Waals surface area contributed by atoms with Gasteiger partial charge in [-0.2, -0.15) is 0 Å². The van der Waals surface area contributed by atoms with E-state index in [1.165, 1.54) is 11.5 Å². The molecule has 0 radical (unpaired) electrons. The van der Waals surface area contributed by atoms with E-state index in [-0.39, 0.29) is 18.1 Å². The molecule has 2 fully saturated rings. The van der Waals surface area contributed by atoms with E-state index >= 15 is 0 Å². The fourth-order valence-corrected chi connectivity index (χ4v) is 4.29. The van der Waals surface area contributed by atoms with E-state index in [2.05, 4.69) is 14.6 Å². The van der Waals surface area contributed by atoms with Crippen LogP contribution in [0.1, 0.15) is 33.8 Å². The minimum atomic E-state index is -0.0205. The summed E-state index contributed by atoms with van der Waals surface area (Å²) in [5.41, 5.74) is 1.60. The number of ether oxygens (including phenoxy) is 2. The topological polar surface area (TPSA) is 77.4 Å². The van der Waals surface area contributed by atoms with E-state index in [1.54, 1.807) is 12.4 Å². The van der Waals surface area contributed by atoms with Crippen molar-refractivity contribution in [3.63, 3.8) is 0 Å². The van der Waals surface area contributed by atoms with Crippen LogP contribution in [0.15, 0.2) is 24.5 Å². The zero-order valence-electron chi connectivity index (χ0n) is 14.7. The molecule has 2 aromatic heterocycles. The van der Waals surface area contributed by atoms with E-state index < -0.39 is 0 Å². The number of aromatic nitrogens is 3. The fourth-order valence-electron chi connectivity index (χ4n) is 3.83. The number of rotatable bonds is 5. The van der Waals surface area contributed by atoms with Crippen LogP contribution in [0.5, 0.6) is 0 Å². The Morgan fingerprint density at radius 2 is 2.23 bits per heavy atom. The number of aryl methyl sites for hydroxylation is 1. The van der Waals surface area contributed by atoms with Crippen molar-refractivity contribution in [2.75, 3.05) is 19.8 Å². The van der Waals surface area contributed by atoms with Gasteiger partial charge in [-0.1, -0.05) is 4.49 Å². The van der Waals surface area contributed by atoms with Gasteiger partial charge in [-0.3, -0.25) is 9.78 Å². The number of hydrogen-bond donors (Lipinski definition) is 0. The van der Waals surface area contributed by atoms with Crippen molar-refractivity contribution in [2.24, 2.45) is 5.92 Å². The van der Waals surface area contributed by atoms with Crippen LogP contribution in [0.2, 0.25) is 0 Å². The highest BCUT2D eigenvalue weighted by molar-refractivity contribution is 7.05. The number of hydrogen-bond acceptors (Lipinski definition) is 7. The zero-order valence-corrected chi connectivity index (χ0v) is 15.5. The number of nitrogens with zero attached hydrogens (tertiary/aromatic N) is 4. The minimum absolute atomic E-state index is 0.0205. The molecule has 0 N–H and O–H groups in total. The Morgan fingerprint density at radius 3 is 3.00 bits per heavy atom. The summed E-state index contributed by atoms with van der Waals surface area (Å²) in [6.07, 6.45) is 5.47. The zero-order chi connectivity index (χ0) is 17.9. The van der Waals surface area contributed by atoms with Gasteiger partial charge in [0.05, 0.1) is 36.8 Å². The molecule has 1 amide bonds. The van der Waals surface area contributed by atoms with Crippen molar-refractivity contribution in [1.29, 1.82) is 0 Å². The smallest absolute Gasteiger partial charge is 0.276 e. The Labute approximate surface area is 156 Å². The van der Waals surface area contributed by atoms with Gasteiger partial charge in [0.1, 0.15) is 0 Å². The third kappa shape index (κ3) is 3.62. The maximum Gasteiger partial charge on any atom is 0.276 e. The molecule has 3 heterocycles. The van der Waals surface area contributed by atoms with Crippen LogP contribution in [0.4, 0.5) is 0 Å². The van der Waals surface area contributed by atoms with Crippen molar-refractivity contribution in [2.45, 2.75) is 38.5 Å². The Balaban J connectivity index is 1.35. The van der Waals surface area contributed by atoms with Gasteiger partial charge in [0.2, 0.25) is 0 Å². The Morgan fingerprint density at radius 1 is 1.38 bits per heavy atom. The molecule has 2 aliphatic rings. The summed E-state index contributed by atoms with van der Waals surface area (Å²) in [5.74, 6) is 0.378. The predicted octanol–water partition coefficient (Wildman–Crippen LogP) is 2.08. The van der Waals surface area contributed by atoms with Crippen molar-refractivity contribution < 1.29 is 14.3 Å². The number of carbonyl (C=O) groups excluding carboxylic acids is 1. The van der Waals surface area contributed by atoms with Crippen molar-refractivity contribution in [3.05, 3.63) is 40.7 Å². The van der Waals surface area contributed by atoms with Crippen LogP contribution in [0.3, 0.4) is 0 Å². The second-order valence-electron chi connectivity index (χ2n) is 6.86. The Bertz CT molecular complexity index is 754. The summed E-state index contributed by atoms with van der Waals surface area (Å²) in [5, 5.41) is 4.01. The second kappa shape index (κ2) is 7.77. The molecule has 1 saturated carbocycles. The van der Waals surface area contributed by atoms with E-state index in [9.17, 15) is 4.79 Å². The lowest BCUT2D eigenvalue weighted by molar-refractivity contribution is -0.0452. The van der Waals surface area contributed by atoms with Crippen LogP contribution in [-0.2, 0) is 16.1 Å². The van der Waals surface area contributed by atoms with Gasteiger partial charge in [0.25, 0.3) is 5.91 Å². The van der Waals surface area contributed by atoms with Crippen LogP contribution in [0.25, 0.3) is 0 Å². The average molecular weight is 374 g/mol. The highest BCUT2D eigenvalue weighted by Crippen LogP contribution is 2.35. The summed E-state index contributed by atoms with van der Waals surface area (Å²) >= 11 is 1.27. The third-order valence-corrected chi connectivity index (χ3v) is 5.75. The van der Waals surface area contributed by atoms with E-state index in [4.69, 9.17) is 9.47 Å². The Kier molecular flexibility index (Phi) is 5.23. The molecule has 0 spiro atoms. The first-order valence-corrected chi connectivity index (χ1v) is 9.68. The van der Waals surface area contributed by atoms with Crippen LogP contribution in [0, 0.1) is 12.8 Å². The molecule has 138 valence electrons. The molecule has 2 aromatic rings. The van der Waals surface area contributed by atoms with E-state index in [0.717, 1.165) is 23.3 Å². The van der Waals surface area contributed by atoms with Gasteiger partial charge in [-0.05, 0) is 54.9 Å². The lowest BCUT2D eigenvalue weighted by Crippen LogP contribution is -2.51. The summed E-state index contributed by atoms with van der Waals surface area (Å²) in [4.78, 5) is 19.7. The number of morpholine rings is 1. The van der Waals surface area contributed by atoms with Gasteiger partial charge in [-0.15, -0.1) is 5.10 Å². The standard InChI is InChI=1S/C18H22N4O3S/c1-12-17(20-21-26-12)18(23)22-6-7-25-16-9-14(8-15(16)22)11-24-10-13-2-4-19-5-3-13/h2-5,14-16H,6-11H2,1H3/t14-,15-,16-/m1/s1. The first-order valence-electron chi connectivity index (χ1n) is 8.90. The molecule has 4 rings (SSSR count). The summed E-state index contributed by atoms with van der Waals surface area (Å²) in [6.45, 7) is 4.34. The maximum absolute atomic E-state index is 12.9. The lowest BCUT2D eigenvalue weighted by Gasteiger charge is -2.37. The normalized spacial score (nSPS) is 25.3. The molecule has 8 heteroatoms. The Hall–Kier alpha value is -1.90. The molecular formula is C18H22N4O3S. The molecule has 0 unspecified atom stereocenters. The van der Waals surface area contributed by atoms with E-state index in [1.807, 2.05) is 24.0 Å². The van der Waals surface area contributed by atoms with Gasteiger partial charge >= 0.3 is 0 Å². The van der Waals surface area contributed by atoms with Gasteiger partial charge < -0.3 is 14.4 Å². The number of amides is 1. The molecule has 1 aliphatic heterocycles. The highest BCUT2D eigenvalue weighted by atomic mass is 32.1. The molecule has 7 nitrogen and oxygen atoms in total. The van der Waals surface area contributed by atoms with Crippen molar-refractivity contribution >= 4 is 17.4 Å². The first kappa shape index (κ1) is 17.5. The number of carbonyl (C=O) groups is 1. The summed E-state index contributed by atoms with van der Waals surface area (Å²) in [6, 6.07) is 4.02. The van der Waals surface area contributed by atoms with Crippen molar-refractivity contribution in [3.8, 4) is 0 Å². The average Bonchev–Trinajstić information content (AvgIpc) is 3.27. The predicted molar refractivity (Wildman–Crippen MR) is 95.8 cm³/mol. The summed E-state index contributed by atoms with van der Waals surface area (Å²) < 4.78 is 15.7. The van der Waals surface area contributed by atoms with Gasteiger partial charge in [0.15, 0.2) is 5.69 Å². The maximum atomic E-state index is 12.9. The highest BCUT2D eigenvalue weighted by Gasteiger charge is 2.43. The van der Waals surface area contributed by atoms with Crippen molar-refractivity contribution in [1.82, 2.24) is 19.5 Å². The first-order chi connectivity index (χ1) is 12.7. The molecule has 26 heavy (non-hydrogen) atoms. The van der Waals surface area contributed by atoms with Gasteiger partial charge in [-0.25, -0.2) is 0 Å². The van der Waals surface area contributed by atoms with Crippen LogP contribution >= 0.6 is 11.5 Å².